The molecule has 3 N–H and O–H groups in total. The molecule has 0 saturated carbocycles. The second-order valence-corrected chi connectivity index (χ2v) is 35.3. The number of esters is 4. The first kappa shape index (κ1) is 103. The van der Waals surface area contributed by atoms with Crippen LogP contribution < -0.4 is 0 Å². The van der Waals surface area contributed by atoms with Crippen LogP contribution in [0.3, 0.4) is 0 Å². The topological polar surface area (TPSA) is 237 Å². The minimum Gasteiger partial charge on any atom is -0.462 e. The Balaban J connectivity index is 5.21. The maximum Gasteiger partial charge on any atom is 0.472 e. The van der Waals surface area contributed by atoms with Crippen molar-refractivity contribution in [1.29, 1.82) is 0 Å². The molecule has 105 heavy (non-hydrogen) atoms. The first-order valence-electron chi connectivity index (χ1n) is 44.3. The molecule has 19 heteroatoms. The first-order chi connectivity index (χ1) is 50.7. The Hall–Kier alpha value is -1.94. The summed E-state index contributed by atoms with van der Waals surface area (Å²) in [7, 11) is -9.93. The first-order valence-corrected chi connectivity index (χ1v) is 47.3. The third kappa shape index (κ3) is 77.2. The molecule has 0 amide bonds. The van der Waals surface area contributed by atoms with Gasteiger partial charge in [-0.25, -0.2) is 9.13 Å². The van der Waals surface area contributed by atoms with Crippen LogP contribution in [0, 0.1) is 23.7 Å². The van der Waals surface area contributed by atoms with E-state index in [4.69, 9.17) is 37.0 Å². The van der Waals surface area contributed by atoms with Crippen molar-refractivity contribution < 1.29 is 80.2 Å². The van der Waals surface area contributed by atoms with Gasteiger partial charge < -0.3 is 33.8 Å². The zero-order valence-corrected chi connectivity index (χ0v) is 71.2. The summed E-state index contributed by atoms with van der Waals surface area (Å²) in [5.74, 6) is 1.08. The lowest BCUT2D eigenvalue weighted by molar-refractivity contribution is -0.161. The molecular formula is C86H168O17P2. The third-order valence-electron chi connectivity index (χ3n) is 20.8. The van der Waals surface area contributed by atoms with Crippen LogP contribution in [-0.2, 0) is 65.4 Å². The highest BCUT2D eigenvalue weighted by atomic mass is 31.2. The summed E-state index contributed by atoms with van der Waals surface area (Å²) in [6.07, 6.45) is 63.9. The third-order valence-corrected chi connectivity index (χ3v) is 22.7. The SMILES string of the molecule is CCC(C)CCCCCCCCCCCCCCCCCCCCC(=O)OC[C@H](COP(=O)(O)OC[C@@H](O)COP(=O)(O)OC[C@@H](COC(=O)CCCCCCCCC(C)CC)OC(=O)CCCCCCCCCCCCCCCCC(C)C)OC(=O)CCCCCCCCCCCCCCCC(C)C. The van der Waals surface area contributed by atoms with Crippen molar-refractivity contribution in [2.75, 3.05) is 39.6 Å². The zero-order chi connectivity index (χ0) is 77.4. The number of aliphatic hydroxyl groups excluding tert-OH is 1. The Morgan fingerprint density at radius 3 is 0.676 bits per heavy atom. The quantitative estimate of drug-likeness (QED) is 0.0222. The predicted molar refractivity (Wildman–Crippen MR) is 432 cm³/mol. The molecule has 17 nitrogen and oxygen atoms in total. The number of rotatable bonds is 83. The summed E-state index contributed by atoms with van der Waals surface area (Å²) in [4.78, 5) is 73.2. The van der Waals surface area contributed by atoms with Gasteiger partial charge in [-0.05, 0) is 49.4 Å². The van der Waals surface area contributed by atoms with Gasteiger partial charge in [-0.15, -0.1) is 0 Å². The molecule has 4 unspecified atom stereocenters. The van der Waals surface area contributed by atoms with Crippen molar-refractivity contribution in [3.05, 3.63) is 0 Å². The molecule has 0 aliphatic heterocycles. The lowest BCUT2D eigenvalue weighted by atomic mass is 9.99. The molecule has 0 spiro atoms. The largest absolute Gasteiger partial charge is 0.472 e. The van der Waals surface area contributed by atoms with E-state index in [1.165, 1.54) is 244 Å². The molecule has 7 atom stereocenters. The highest BCUT2D eigenvalue weighted by molar-refractivity contribution is 7.47. The molecule has 0 rings (SSSR count). The maximum atomic E-state index is 13.1. The van der Waals surface area contributed by atoms with E-state index < -0.39 is 97.5 Å². The lowest BCUT2D eigenvalue weighted by Crippen LogP contribution is -2.30. The Labute approximate surface area is 645 Å². The number of hydrogen-bond acceptors (Lipinski definition) is 15. The molecule has 0 saturated heterocycles. The molecule has 0 radical (unpaired) electrons. The summed E-state index contributed by atoms with van der Waals surface area (Å²) in [6.45, 7) is 14.3. The molecule has 624 valence electrons. The molecular weight excluding hydrogens is 1370 g/mol. The number of carbonyl (C=O) groups is 4. The molecule has 0 bridgehead atoms. The van der Waals surface area contributed by atoms with Crippen molar-refractivity contribution in [3.8, 4) is 0 Å². The average molecular weight is 1540 g/mol. The molecule has 0 aromatic rings. The minimum atomic E-state index is -4.97. The van der Waals surface area contributed by atoms with Gasteiger partial charge in [-0.2, -0.15) is 0 Å². The number of aliphatic hydroxyl groups is 1. The van der Waals surface area contributed by atoms with E-state index in [-0.39, 0.29) is 25.7 Å². The van der Waals surface area contributed by atoms with Crippen molar-refractivity contribution in [1.82, 2.24) is 0 Å². The number of unbranched alkanes of at least 4 members (excludes halogenated alkanes) is 47. The molecule has 0 aromatic carbocycles. The number of phosphoric ester groups is 2. The Morgan fingerprint density at radius 2 is 0.457 bits per heavy atom. The van der Waals surface area contributed by atoms with E-state index in [0.717, 1.165) is 120 Å². The van der Waals surface area contributed by atoms with Gasteiger partial charge in [0.15, 0.2) is 12.2 Å². The van der Waals surface area contributed by atoms with Crippen LogP contribution in [0.5, 0.6) is 0 Å². The van der Waals surface area contributed by atoms with Gasteiger partial charge in [0.25, 0.3) is 0 Å². The smallest absolute Gasteiger partial charge is 0.462 e. The highest BCUT2D eigenvalue weighted by Gasteiger charge is 2.31. The maximum absolute atomic E-state index is 13.1. The van der Waals surface area contributed by atoms with E-state index in [9.17, 15) is 43.2 Å². The van der Waals surface area contributed by atoms with Gasteiger partial charge in [-0.3, -0.25) is 37.3 Å². The summed E-state index contributed by atoms with van der Waals surface area (Å²) in [5, 5.41) is 10.7. The predicted octanol–water partition coefficient (Wildman–Crippen LogP) is 25.9. The Morgan fingerprint density at radius 1 is 0.267 bits per heavy atom. The van der Waals surface area contributed by atoms with E-state index in [1.54, 1.807) is 0 Å². The van der Waals surface area contributed by atoms with E-state index >= 15 is 0 Å². The zero-order valence-electron chi connectivity index (χ0n) is 69.4. The Kier molecular flexibility index (Phi) is 73.4. The van der Waals surface area contributed by atoms with Crippen molar-refractivity contribution in [3.63, 3.8) is 0 Å². The summed E-state index contributed by atoms with van der Waals surface area (Å²) in [6, 6.07) is 0. The summed E-state index contributed by atoms with van der Waals surface area (Å²) in [5.41, 5.74) is 0. The van der Waals surface area contributed by atoms with Crippen molar-refractivity contribution in [2.45, 2.75) is 465 Å². The fourth-order valence-corrected chi connectivity index (χ4v) is 14.8. The number of ether oxygens (including phenoxy) is 4. The van der Waals surface area contributed by atoms with Gasteiger partial charge in [0.1, 0.15) is 19.3 Å². The fraction of sp³-hybridized carbons (Fsp3) is 0.953. The number of carbonyl (C=O) groups excluding carboxylic acids is 4. The standard InChI is InChI=1S/C86H168O17P2/c1-9-78(7)64-56-48-40-34-28-22-15-13-11-12-14-16-23-29-35-41-50-58-66-83(88)96-72-81(102-85(90)69-61-53-43-37-31-25-19-21-27-33-39-47-55-63-77(5)6)74-100-104(92,93)98-70-80(87)71-99-105(94,95)101-75-82(73-97-84(89)67-59-51-45-44-49-57-65-79(8)10-2)103-86(91)68-60-52-42-36-30-24-18-17-20-26-32-38-46-54-62-76(3)4/h76-82,87H,9-75H2,1-8H3,(H,92,93)(H,94,95)/t78?,79?,80-,81-,82-/m1/s1. The van der Waals surface area contributed by atoms with Crippen LogP contribution in [0.1, 0.15) is 447 Å². The lowest BCUT2D eigenvalue weighted by Gasteiger charge is -2.21. The average Bonchev–Trinajstić information content (AvgIpc) is 0.910. The van der Waals surface area contributed by atoms with Gasteiger partial charge in [0.05, 0.1) is 26.4 Å². The van der Waals surface area contributed by atoms with Gasteiger partial charge in [0.2, 0.25) is 0 Å². The second-order valence-electron chi connectivity index (χ2n) is 32.4. The highest BCUT2D eigenvalue weighted by Crippen LogP contribution is 2.45. The Bertz CT molecular complexity index is 2050. The summed E-state index contributed by atoms with van der Waals surface area (Å²) < 4.78 is 68.9. The van der Waals surface area contributed by atoms with Crippen LogP contribution in [-0.4, -0.2) is 96.7 Å². The van der Waals surface area contributed by atoms with Crippen molar-refractivity contribution >= 4 is 39.5 Å². The van der Waals surface area contributed by atoms with Gasteiger partial charge >= 0.3 is 39.5 Å². The van der Waals surface area contributed by atoms with E-state index in [0.29, 0.717) is 25.7 Å². The van der Waals surface area contributed by atoms with Crippen LogP contribution in [0.2, 0.25) is 0 Å². The molecule has 0 aliphatic carbocycles. The number of hydrogen-bond donors (Lipinski definition) is 3. The fourth-order valence-electron chi connectivity index (χ4n) is 13.3. The normalized spacial score (nSPS) is 14.4. The van der Waals surface area contributed by atoms with Crippen molar-refractivity contribution in [2.24, 2.45) is 23.7 Å². The van der Waals surface area contributed by atoms with Crippen LogP contribution >= 0.6 is 15.6 Å². The van der Waals surface area contributed by atoms with Crippen LogP contribution in [0.15, 0.2) is 0 Å². The molecule has 0 aliphatic rings. The van der Waals surface area contributed by atoms with E-state index in [1.807, 2.05) is 0 Å². The van der Waals surface area contributed by atoms with Crippen LogP contribution in [0.4, 0.5) is 0 Å². The minimum absolute atomic E-state index is 0.106. The number of phosphoric acid groups is 2. The van der Waals surface area contributed by atoms with Crippen LogP contribution in [0.25, 0.3) is 0 Å². The van der Waals surface area contributed by atoms with Gasteiger partial charge in [0, 0.05) is 25.7 Å². The summed E-state index contributed by atoms with van der Waals surface area (Å²) >= 11 is 0. The molecule has 0 aromatic heterocycles. The second kappa shape index (κ2) is 74.8. The monoisotopic (exact) mass is 1540 g/mol. The van der Waals surface area contributed by atoms with Gasteiger partial charge in [-0.1, -0.05) is 396 Å². The molecule has 0 heterocycles. The van der Waals surface area contributed by atoms with E-state index in [2.05, 4.69) is 55.4 Å². The molecule has 0 fully saturated rings.